The minimum absolute atomic E-state index is 0.0626. The van der Waals surface area contributed by atoms with Crippen LogP contribution >= 0.6 is 0 Å². The molecule has 5 nitrogen and oxygen atoms in total. The number of hydrogen-bond donors (Lipinski definition) is 2. The molecule has 1 atom stereocenters. The lowest BCUT2D eigenvalue weighted by atomic mass is 10.2. The number of carbonyl (C=O) groups excluding carboxylic acids is 2. The number of hydrogen-bond acceptors (Lipinski definition) is 2. The molecule has 0 aromatic heterocycles. The maximum absolute atomic E-state index is 11.8. The maximum atomic E-state index is 11.8. The first kappa shape index (κ1) is 12.8. The van der Waals surface area contributed by atoms with Crippen LogP contribution in [0.15, 0.2) is 0 Å². The van der Waals surface area contributed by atoms with E-state index in [0.29, 0.717) is 13.1 Å². The summed E-state index contributed by atoms with van der Waals surface area (Å²) in [5, 5.41) is 2.86. The molecule has 0 saturated carbocycles. The number of nitrogens with zero attached hydrogens (tertiary/aromatic N) is 1. The van der Waals surface area contributed by atoms with Gasteiger partial charge < -0.3 is 16.0 Å². The summed E-state index contributed by atoms with van der Waals surface area (Å²) in [5.74, 6) is -0.0626. The lowest BCUT2D eigenvalue weighted by molar-refractivity contribution is -0.124. The molecule has 16 heavy (non-hydrogen) atoms. The van der Waals surface area contributed by atoms with Gasteiger partial charge in [0.05, 0.1) is 0 Å². The Kier molecular flexibility index (Phi) is 5.08. The lowest BCUT2D eigenvalue weighted by Gasteiger charge is -2.21. The molecule has 1 aliphatic heterocycles. The molecule has 3 amide bonds. The van der Waals surface area contributed by atoms with Gasteiger partial charge in [-0.15, -0.1) is 0 Å². The predicted octanol–water partition coefficient (Wildman–Crippen LogP) is 0.836. The Labute approximate surface area is 96.4 Å². The van der Waals surface area contributed by atoms with Gasteiger partial charge in [0.15, 0.2) is 0 Å². The molecule has 5 heteroatoms. The Morgan fingerprint density at radius 1 is 1.44 bits per heavy atom. The van der Waals surface area contributed by atoms with Crippen molar-refractivity contribution in [3.8, 4) is 0 Å². The highest BCUT2D eigenvalue weighted by Gasteiger charge is 2.32. The van der Waals surface area contributed by atoms with Gasteiger partial charge in [-0.05, 0) is 19.3 Å². The van der Waals surface area contributed by atoms with Gasteiger partial charge in [0.2, 0.25) is 5.91 Å². The van der Waals surface area contributed by atoms with Crippen molar-refractivity contribution < 1.29 is 9.59 Å². The quantitative estimate of drug-likeness (QED) is 0.683. The predicted molar refractivity (Wildman–Crippen MR) is 61.8 cm³/mol. The van der Waals surface area contributed by atoms with E-state index in [0.717, 1.165) is 32.1 Å². The molecule has 1 rings (SSSR count). The van der Waals surface area contributed by atoms with E-state index in [4.69, 9.17) is 5.73 Å². The third kappa shape index (κ3) is 3.40. The summed E-state index contributed by atoms with van der Waals surface area (Å²) >= 11 is 0. The maximum Gasteiger partial charge on any atom is 0.315 e. The van der Waals surface area contributed by atoms with E-state index in [1.807, 2.05) is 0 Å². The lowest BCUT2D eigenvalue weighted by Crippen LogP contribution is -2.48. The normalized spacial score (nSPS) is 19.8. The van der Waals surface area contributed by atoms with Crippen LogP contribution in [0.1, 0.15) is 39.0 Å². The molecule has 1 heterocycles. The van der Waals surface area contributed by atoms with Crippen LogP contribution in [0.25, 0.3) is 0 Å². The van der Waals surface area contributed by atoms with Crippen molar-refractivity contribution in [2.45, 2.75) is 45.1 Å². The Bertz CT molecular complexity index is 256. The van der Waals surface area contributed by atoms with Crippen LogP contribution in [0.3, 0.4) is 0 Å². The van der Waals surface area contributed by atoms with E-state index in [1.54, 1.807) is 0 Å². The second-order valence-electron chi connectivity index (χ2n) is 4.19. The van der Waals surface area contributed by atoms with Gasteiger partial charge in [-0.1, -0.05) is 19.8 Å². The Balaban J connectivity index is 2.32. The van der Waals surface area contributed by atoms with E-state index in [9.17, 15) is 9.59 Å². The van der Waals surface area contributed by atoms with Gasteiger partial charge >= 0.3 is 6.03 Å². The van der Waals surface area contributed by atoms with Crippen molar-refractivity contribution in [3.63, 3.8) is 0 Å². The fraction of sp³-hybridized carbons (Fsp3) is 0.818. The van der Waals surface area contributed by atoms with Crippen LogP contribution in [0.2, 0.25) is 0 Å². The molecule has 1 aliphatic rings. The molecular weight excluding hydrogens is 206 g/mol. The van der Waals surface area contributed by atoms with Crippen molar-refractivity contribution in [2.24, 2.45) is 5.73 Å². The molecule has 0 aromatic carbocycles. The van der Waals surface area contributed by atoms with Crippen LogP contribution in [0.4, 0.5) is 4.79 Å². The second kappa shape index (κ2) is 6.35. The number of nitrogens with two attached hydrogens (primary N) is 1. The standard InChI is InChI=1S/C11H21N3O2/c1-2-3-4-7-13-10(15)9-6-5-8-14(9)11(12)16/h9H,2-8H2,1H3,(H2,12,16)(H,13,15). The first-order valence-corrected chi connectivity index (χ1v) is 6.00. The SMILES string of the molecule is CCCCCNC(=O)C1CCCN1C(N)=O. The zero-order valence-corrected chi connectivity index (χ0v) is 9.87. The average Bonchev–Trinajstić information content (AvgIpc) is 2.73. The zero-order chi connectivity index (χ0) is 12.0. The van der Waals surface area contributed by atoms with Gasteiger partial charge in [0, 0.05) is 13.1 Å². The number of nitrogens with one attached hydrogen (secondary N) is 1. The number of urea groups is 1. The molecule has 0 aromatic rings. The summed E-state index contributed by atoms with van der Waals surface area (Å²) in [6, 6.07) is -0.842. The molecule has 1 fully saturated rings. The van der Waals surface area contributed by atoms with E-state index >= 15 is 0 Å². The fourth-order valence-corrected chi connectivity index (χ4v) is 2.01. The summed E-state index contributed by atoms with van der Waals surface area (Å²) in [4.78, 5) is 24.3. The minimum atomic E-state index is -0.494. The van der Waals surface area contributed by atoms with Gasteiger partial charge in [-0.3, -0.25) is 4.79 Å². The highest BCUT2D eigenvalue weighted by Crippen LogP contribution is 2.16. The molecule has 0 spiro atoms. The van der Waals surface area contributed by atoms with Crippen LogP contribution in [-0.4, -0.2) is 36.0 Å². The van der Waals surface area contributed by atoms with E-state index in [1.165, 1.54) is 4.90 Å². The molecule has 0 radical (unpaired) electrons. The number of likely N-dealkylation sites (tertiary alicyclic amines) is 1. The first-order chi connectivity index (χ1) is 7.66. The van der Waals surface area contributed by atoms with Crippen LogP contribution in [-0.2, 0) is 4.79 Å². The summed E-state index contributed by atoms with van der Waals surface area (Å²) in [7, 11) is 0. The highest BCUT2D eigenvalue weighted by molar-refractivity contribution is 5.87. The summed E-state index contributed by atoms with van der Waals surface area (Å²) < 4.78 is 0. The highest BCUT2D eigenvalue weighted by atomic mass is 16.2. The van der Waals surface area contributed by atoms with Gasteiger partial charge in [0.1, 0.15) is 6.04 Å². The number of carbonyl (C=O) groups is 2. The van der Waals surface area contributed by atoms with Crippen molar-refractivity contribution in [1.82, 2.24) is 10.2 Å². The second-order valence-corrected chi connectivity index (χ2v) is 4.19. The summed E-state index contributed by atoms with van der Waals surface area (Å²) in [5.41, 5.74) is 5.21. The topological polar surface area (TPSA) is 75.4 Å². The smallest absolute Gasteiger partial charge is 0.315 e. The van der Waals surface area contributed by atoms with Crippen molar-refractivity contribution in [1.29, 1.82) is 0 Å². The fourth-order valence-electron chi connectivity index (χ4n) is 2.01. The Morgan fingerprint density at radius 3 is 2.81 bits per heavy atom. The van der Waals surface area contributed by atoms with Crippen LogP contribution in [0, 0.1) is 0 Å². The molecule has 1 unspecified atom stereocenters. The van der Waals surface area contributed by atoms with Crippen molar-refractivity contribution in [2.75, 3.05) is 13.1 Å². The first-order valence-electron chi connectivity index (χ1n) is 6.00. The number of primary amides is 1. The van der Waals surface area contributed by atoms with Gasteiger partial charge in [0.25, 0.3) is 0 Å². The number of rotatable bonds is 5. The average molecular weight is 227 g/mol. The van der Waals surface area contributed by atoms with Gasteiger partial charge in [-0.25, -0.2) is 4.79 Å². The van der Waals surface area contributed by atoms with E-state index < -0.39 is 6.03 Å². The zero-order valence-electron chi connectivity index (χ0n) is 9.87. The summed E-state index contributed by atoms with van der Waals surface area (Å²) in [6.45, 7) is 3.41. The van der Waals surface area contributed by atoms with Crippen molar-refractivity contribution in [3.05, 3.63) is 0 Å². The molecule has 0 aliphatic carbocycles. The van der Waals surface area contributed by atoms with Crippen molar-refractivity contribution >= 4 is 11.9 Å². The third-order valence-corrected chi connectivity index (χ3v) is 2.92. The number of amides is 3. The monoisotopic (exact) mass is 227 g/mol. The summed E-state index contributed by atoms with van der Waals surface area (Å²) in [6.07, 6.45) is 4.82. The molecular formula is C11H21N3O2. The van der Waals surface area contributed by atoms with Crippen LogP contribution < -0.4 is 11.1 Å². The molecule has 3 N–H and O–H groups in total. The van der Waals surface area contributed by atoms with E-state index in [2.05, 4.69) is 12.2 Å². The largest absolute Gasteiger partial charge is 0.354 e. The van der Waals surface area contributed by atoms with Crippen LogP contribution in [0.5, 0.6) is 0 Å². The van der Waals surface area contributed by atoms with E-state index in [-0.39, 0.29) is 11.9 Å². The molecule has 1 saturated heterocycles. The number of unbranched alkanes of at least 4 members (excludes halogenated alkanes) is 2. The van der Waals surface area contributed by atoms with Gasteiger partial charge in [-0.2, -0.15) is 0 Å². The Hall–Kier alpha value is -1.26. The molecule has 0 bridgehead atoms. The minimum Gasteiger partial charge on any atom is -0.354 e. The molecule has 92 valence electrons. The third-order valence-electron chi connectivity index (χ3n) is 2.92. The Morgan fingerprint density at radius 2 is 2.19 bits per heavy atom.